The molecule has 0 aliphatic heterocycles. The molecule has 0 spiro atoms. The maximum Gasteiger partial charge on any atom is 0.0632 e. The fraction of sp³-hybridized carbons (Fsp3) is 0.750. The van der Waals surface area contributed by atoms with Gasteiger partial charge in [0.1, 0.15) is 0 Å². The highest BCUT2D eigenvalue weighted by Crippen LogP contribution is 2.63. The first-order chi connectivity index (χ1) is 7.58. The largest absolute Gasteiger partial charge is 0.309 e. The number of rotatable bonds is 3. The molecule has 4 heteroatoms. The van der Waals surface area contributed by atoms with Crippen molar-refractivity contribution >= 4 is 15.9 Å². The summed E-state index contributed by atoms with van der Waals surface area (Å²) in [6.07, 6.45) is 8.12. The molecule has 0 N–H and O–H groups in total. The van der Waals surface area contributed by atoms with Gasteiger partial charge in [0.25, 0.3) is 0 Å². The zero-order valence-corrected chi connectivity index (χ0v) is 11.4. The Morgan fingerprint density at radius 3 is 2.81 bits per heavy atom. The Morgan fingerprint density at radius 1 is 1.50 bits per heavy atom. The van der Waals surface area contributed by atoms with E-state index in [1.165, 1.54) is 25.8 Å². The van der Waals surface area contributed by atoms with Gasteiger partial charge in [0, 0.05) is 12.7 Å². The van der Waals surface area contributed by atoms with Crippen LogP contribution in [0.1, 0.15) is 25.3 Å². The third kappa shape index (κ3) is 1.63. The molecule has 2 bridgehead atoms. The molecule has 0 saturated heterocycles. The van der Waals surface area contributed by atoms with E-state index >= 15 is 0 Å². The van der Waals surface area contributed by atoms with Crippen LogP contribution in [0.5, 0.6) is 0 Å². The third-order valence-corrected chi connectivity index (χ3v) is 4.55. The first kappa shape index (κ1) is 10.8. The van der Waals surface area contributed by atoms with Crippen LogP contribution in [0.4, 0.5) is 0 Å². The maximum absolute atomic E-state index is 4.44. The predicted molar refractivity (Wildman–Crippen MR) is 67.3 cm³/mol. The molecule has 1 heterocycles. The van der Waals surface area contributed by atoms with E-state index < -0.39 is 0 Å². The zero-order valence-electron chi connectivity index (χ0n) is 9.86. The Morgan fingerprint density at radius 2 is 2.25 bits per heavy atom. The molecule has 1 aromatic heterocycles. The first-order valence-electron chi connectivity index (χ1n) is 5.92. The molecule has 1 aromatic rings. The summed E-state index contributed by atoms with van der Waals surface area (Å²) >= 11 is 3.47. The average molecular weight is 284 g/mol. The SMILES string of the molecule is CN(C)CC12CC(C1)C(n1cc(Br)cn1)C2. The summed E-state index contributed by atoms with van der Waals surface area (Å²) in [5.41, 5.74) is 0.595. The monoisotopic (exact) mass is 283 g/mol. The van der Waals surface area contributed by atoms with Crippen molar-refractivity contribution in [1.29, 1.82) is 0 Å². The standard InChI is InChI=1S/C12H18BrN3/c1-15(2)8-12-3-9(4-12)11(5-12)16-7-10(13)6-14-16/h6-7,9,11H,3-5,8H2,1-2H3. The van der Waals surface area contributed by atoms with Gasteiger partial charge in [-0.1, -0.05) is 0 Å². The van der Waals surface area contributed by atoms with Crippen LogP contribution in [0, 0.1) is 11.3 Å². The molecule has 3 fully saturated rings. The molecule has 3 aliphatic rings. The Balaban J connectivity index is 1.74. The second-order valence-electron chi connectivity index (χ2n) is 5.82. The smallest absolute Gasteiger partial charge is 0.0632 e. The Bertz CT molecular complexity index is 393. The zero-order chi connectivity index (χ0) is 11.3. The summed E-state index contributed by atoms with van der Waals surface area (Å²) in [6.45, 7) is 1.24. The summed E-state index contributed by atoms with van der Waals surface area (Å²) < 4.78 is 3.26. The molecule has 3 nitrogen and oxygen atoms in total. The molecule has 88 valence electrons. The van der Waals surface area contributed by atoms with Crippen LogP contribution in [-0.4, -0.2) is 35.3 Å². The lowest BCUT2D eigenvalue weighted by molar-refractivity contribution is 0.0977. The van der Waals surface area contributed by atoms with Crippen molar-refractivity contribution in [2.24, 2.45) is 11.3 Å². The maximum atomic E-state index is 4.44. The van der Waals surface area contributed by atoms with Gasteiger partial charge < -0.3 is 4.90 Å². The van der Waals surface area contributed by atoms with Crippen LogP contribution in [0.25, 0.3) is 0 Å². The number of nitrogens with zero attached hydrogens (tertiary/aromatic N) is 3. The van der Waals surface area contributed by atoms with Crippen LogP contribution < -0.4 is 0 Å². The van der Waals surface area contributed by atoms with Crippen LogP contribution in [0.2, 0.25) is 0 Å². The Hall–Kier alpha value is -0.350. The van der Waals surface area contributed by atoms with E-state index in [0.29, 0.717) is 11.5 Å². The summed E-state index contributed by atoms with van der Waals surface area (Å²) in [5, 5.41) is 4.44. The van der Waals surface area contributed by atoms with E-state index in [4.69, 9.17) is 0 Å². The third-order valence-electron chi connectivity index (χ3n) is 4.14. The predicted octanol–water partition coefficient (Wildman–Crippen LogP) is 2.55. The molecule has 0 aromatic carbocycles. The Labute approximate surface area is 105 Å². The molecule has 4 rings (SSSR count). The van der Waals surface area contributed by atoms with Crippen LogP contribution >= 0.6 is 15.9 Å². The van der Waals surface area contributed by atoms with Crippen molar-refractivity contribution in [1.82, 2.24) is 14.7 Å². The van der Waals surface area contributed by atoms with Crippen molar-refractivity contribution in [3.63, 3.8) is 0 Å². The molecule has 1 atom stereocenters. The minimum atomic E-state index is 0.595. The normalized spacial score (nSPS) is 36.8. The van der Waals surface area contributed by atoms with E-state index in [1.807, 2.05) is 6.20 Å². The highest BCUT2D eigenvalue weighted by molar-refractivity contribution is 9.10. The fourth-order valence-corrected chi connectivity index (χ4v) is 4.07. The number of aromatic nitrogens is 2. The number of fused-ring (bicyclic) bond motifs is 1. The summed E-state index contributed by atoms with van der Waals surface area (Å²) in [4.78, 5) is 2.33. The number of hydrogen-bond donors (Lipinski definition) is 0. The lowest BCUT2D eigenvalue weighted by Crippen LogP contribution is -2.37. The molecule has 16 heavy (non-hydrogen) atoms. The molecule has 3 saturated carbocycles. The van der Waals surface area contributed by atoms with E-state index in [9.17, 15) is 0 Å². The molecule has 0 radical (unpaired) electrons. The van der Waals surface area contributed by atoms with Crippen LogP contribution in [0.3, 0.4) is 0 Å². The van der Waals surface area contributed by atoms with Gasteiger partial charge in [0.2, 0.25) is 0 Å². The van der Waals surface area contributed by atoms with Gasteiger partial charge >= 0.3 is 0 Å². The molecule has 0 amide bonds. The molecular weight excluding hydrogens is 266 g/mol. The van der Waals surface area contributed by atoms with Crippen molar-refractivity contribution in [2.45, 2.75) is 25.3 Å². The topological polar surface area (TPSA) is 21.1 Å². The second-order valence-corrected chi connectivity index (χ2v) is 6.73. The van der Waals surface area contributed by atoms with Gasteiger partial charge in [-0.3, -0.25) is 4.68 Å². The van der Waals surface area contributed by atoms with Crippen LogP contribution in [-0.2, 0) is 0 Å². The van der Waals surface area contributed by atoms with Gasteiger partial charge in [-0.15, -0.1) is 0 Å². The average Bonchev–Trinajstić information content (AvgIpc) is 2.74. The first-order valence-corrected chi connectivity index (χ1v) is 6.72. The number of hydrogen-bond acceptors (Lipinski definition) is 2. The van der Waals surface area contributed by atoms with Crippen molar-refractivity contribution in [3.05, 3.63) is 16.9 Å². The van der Waals surface area contributed by atoms with Crippen molar-refractivity contribution < 1.29 is 0 Å². The summed E-state index contributed by atoms with van der Waals surface area (Å²) in [6, 6.07) is 0.645. The minimum Gasteiger partial charge on any atom is -0.309 e. The van der Waals surface area contributed by atoms with E-state index in [2.05, 4.69) is 50.9 Å². The van der Waals surface area contributed by atoms with E-state index in [1.54, 1.807) is 0 Å². The quantitative estimate of drug-likeness (QED) is 0.850. The number of halogens is 1. The molecular formula is C12H18BrN3. The molecule has 3 aliphatic carbocycles. The van der Waals surface area contributed by atoms with Gasteiger partial charge in [-0.05, 0) is 60.6 Å². The van der Waals surface area contributed by atoms with Crippen LogP contribution in [0.15, 0.2) is 16.9 Å². The lowest BCUT2D eigenvalue weighted by Gasteiger charge is -2.40. The lowest BCUT2D eigenvalue weighted by atomic mass is 9.69. The van der Waals surface area contributed by atoms with Gasteiger partial charge in [-0.2, -0.15) is 5.10 Å². The summed E-state index contributed by atoms with van der Waals surface area (Å²) in [5.74, 6) is 0.867. The second kappa shape index (κ2) is 3.57. The van der Waals surface area contributed by atoms with E-state index in [-0.39, 0.29) is 0 Å². The molecule has 1 unspecified atom stereocenters. The highest BCUT2D eigenvalue weighted by Gasteiger charge is 2.56. The van der Waals surface area contributed by atoms with Gasteiger partial charge in [-0.25, -0.2) is 0 Å². The highest BCUT2D eigenvalue weighted by atomic mass is 79.9. The Kier molecular flexibility index (Phi) is 2.41. The van der Waals surface area contributed by atoms with Gasteiger partial charge in [0.15, 0.2) is 0 Å². The van der Waals surface area contributed by atoms with E-state index in [0.717, 1.165) is 10.4 Å². The van der Waals surface area contributed by atoms with Crippen molar-refractivity contribution in [3.8, 4) is 0 Å². The fourth-order valence-electron chi connectivity index (χ4n) is 3.77. The minimum absolute atomic E-state index is 0.595. The van der Waals surface area contributed by atoms with Gasteiger partial charge in [0.05, 0.1) is 16.7 Å². The summed E-state index contributed by atoms with van der Waals surface area (Å²) in [7, 11) is 4.36. The van der Waals surface area contributed by atoms with Crippen molar-refractivity contribution in [2.75, 3.05) is 20.6 Å².